The molecule has 0 aliphatic heterocycles. The van der Waals surface area contributed by atoms with Crippen LogP contribution in [0.25, 0.3) is 10.9 Å². The van der Waals surface area contributed by atoms with Gasteiger partial charge in [-0.25, -0.2) is 0 Å². The second-order valence-corrected chi connectivity index (χ2v) is 3.47. The van der Waals surface area contributed by atoms with E-state index in [1.807, 2.05) is 19.1 Å². The van der Waals surface area contributed by atoms with E-state index in [1.165, 1.54) is 5.39 Å². The lowest BCUT2D eigenvalue weighted by Gasteiger charge is -2.05. The minimum atomic E-state index is -0.0915. The number of hydrogen-bond donors (Lipinski definition) is 2. The Morgan fingerprint density at radius 1 is 1.43 bits per heavy atom. The summed E-state index contributed by atoms with van der Waals surface area (Å²) in [5.74, 6) is 0. The van der Waals surface area contributed by atoms with E-state index in [-0.39, 0.29) is 6.04 Å². The molecule has 2 heteroatoms. The predicted octanol–water partition coefficient (Wildman–Crippen LogP) is 2.66. The van der Waals surface area contributed by atoms with Crippen LogP contribution in [0.5, 0.6) is 0 Å². The molecule has 0 saturated heterocycles. The Morgan fingerprint density at radius 3 is 2.86 bits per heavy atom. The van der Waals surface area contributed by atoms with Crippen molar-refractivity contribution in [2.45, 2.75) is 13.0 Å². The Bertz CT molecular complexity index is 468. The minimum absolute atomic E-state index is 0.0915. The van der Waals surface area contributed by atoms with Gasteiger partial charge in [-0.3, -0.25) is 0 Å². The van der Waals surface area contributed by atoms with Gasteiger partial charge >= 0.3 is 0 Å². The van der Waals surface area contributed by atoms with Gasteiger partial charge in [0.1, 0.15) is 0 Å². The molecule has 3 N–H and O–H groups in total. The quantitative estimate of drug-likeness (QED) is 0.695. The molecule has 1 heterocycles. The van der Waals surface area contributed by atoms with Gasteiger partial charge in [0.25, 0.3) is 0 Å². The average Bonchev–Trinajstić information content (AvgIpc) is 2.53. The fourth-order valence-electron chi connectivity index (χ4n) is 1.85. The number of nitrogens with one attached hydrogen (secondary N) is 1. The van der Waals surface area contributed by atoms with Gasteiger partial charge in [0.2, 0.25) is 0 Å². The molecule has 2 aromatic rings. The number of hydrogen-bond acceptors (Lipinski definition) is 1. The van der Waals surface area contributed by atoms with E-state index in [4.69, 9.17) is 5.73 Å². The number of aromatic amines is 1. The molecular weight excluding hydrogens is 172 g/mol. The highest BCUT2D eigenvalue weighted by Crippen LogP contribution is 2.26. The zero-order chi connectivity index (χ0) is 10.1. The van der Waals surface area contributed by atoms with Crippen molar-refractivity contribution >= 4 is 10.9 Å². The van der Waals surface area contributed by atoms with Crippen molar-refractivity contribution in [3.8, 4) is 0 Å². The lowest BCUT2D eigenvalue weighted by atomic mass is 10.0. The number of aryl methyl sites for hydroxylation is 1. The molecule has 2 rings (SSSR count). The number of fused-ring (bicyclic) bond motifs is 1. The molecule has 0 bridgehead atoms. The lowest BCUT2D eigenvalue weighted by Crippen LogP contribution is -2.07. The van der Waals surface area contributed by atoms with E-state index in [0.29, 0.717) is 0 Å². The molecule has 0 amide bonds. The molecule has 14 heavy (non-hydrogen) atoms. The largest absolute Gasteiger partial charge is 0.358 e. The zero-order valence-electron chi connectivity index (χ0n) is 8.25. The van der Waals surface area contributed by atoms with Gasteiger partial charge in [0.05, 0.1) is 6.04 Å². The summed E-state index contributed by atoms with van der Waals surface area (Å²) in [5, 5.41) is 1.19. The molecule has 1 aromatic carbocycles. The van der Waals surface area contributed by atoms with Crippen molar-refractivity contribution in [2.24, 2.45) is 5.73 Å². The topological polar surface area (TPSA) is 41.8 Å². The molecule has 1 aromatic heterocycles. The Labute approximate surface area is 83.4 Å². The Hall–Kier alpha value is -1.54. The third-order valence-electron chi connectivity index (χ3n) is 2.53. The fourth-order valence-corrected chi connectivity index (χ4v) is 1.85. The number of H-pyrrole nitrogens is 1. The maximum absolute atomic E-state index is 5.97. The van der Waals surface area contributed by atoms with Crippen LogP contribution in [0.2, 0.25) is 0 Å². The summed E-state index contributed by atoms with van der Waals surface area (Å²) < 4.78 is 0. The standard InChI is InChI=1S/C12H14N2/c1-3-10(13)12-8(2)14-11-7-5-4-6-9(11)12/h3-7,10,14H,1,13H2,2H3/t10-/m0/s1. The Kier molecular flexibility index (Phi) is 2.14. The normalized spacial score (nSPS) is 13.0. The second-order valence-electron chi connectivity index (χ2n) is 3.47. The summed E-state index contributed by atoms with van der Waals surface area (Å²) in [6.07, 6.45) is 1.77. The Morgan fingerprint density at radius 2 is 2.14 bits per heavy atom. The maximum atomic E-state index is 5.97. The van der Waals surface area contributed by atoms with Gasteiger partial charge in [0, 0.05) is 22.2 Å². The molecule has 0 aliphatic rings. The first-order valence-corrected chi connectivity index (χ1v) is 4.69. The maximum Gasteiger partial charge on any atom is 0.0502 e. The van der Waals surface area contributed by atoms with Gasteiger partial charge in [-0.05, 0) is 13.0 Å². The van der Waals surface area contributed by atoms with E-state index in [2.05, 4.69) is 23.7 Å². The van der Waals surface area contributed by atoms with Crippen molar-refractivity contribution in [3.05, 3.63) is 48.2 Å². The molecule has 0 aliphatic carbocycles. The van der Waals surface area contributed by atoms with Crippen molar-refractivity contribution < 1.29 is 0 Å². The van der Waals surface area contributed by atoms with Crippen LogP contribution >= 0.6 is 0 Å². The highest BCUT2D eigenvalue weighted by atomic mass is 14.7. The predicted molar refractivity (Wildman–Crippen MR) is 60.2 cm³/mol. The molecule has 0 spiro atoms. The average molecular weight is 186 g/mol. The number of rotatable bonds is 2. The highest BCUT2D eigenvalue weighted by Gasteiger charge is 2.11. The van der Waals surface area contributed by atoms with Crippen LogP contribution in [-0.2, 0) is 0 Å². The van der Waals surface area contributed by atoms with Gasteiger partial charge in [-0.2, -0.15) is 0 Å². The summed E-state index contributed by atoms with van der Waals surface area (Å²) in [6.45, 7) is 5.77. The van der Waals surface area contributed by atoms with Crippen LogP contribution in [0, 0.1) is 6.92 Å². The van der Waals surface area contributed by atoms with Gasteiger partial charge < -0.3 is 10.7 Å². The van der Waals surface area contributed by atoms with E-state index < -0.39 is 0 Å². The first-order chi connectivity index (χ1) is 6.74. The smallest absolute Gasteiger partial charge is 0.0502 e. The monoisotopic (exact) mass is 186 g/mol. The summed E-state index contributed by atoms with van der Waals surface area (Å²) in [4.78, 5) is 3.31. The third-order valence-corrected chi connectivity index (χ3v) is 2.53. The van der Waals surface area contributed by atoms with Crippen LogP contribution in [0.3, 0.4) is 0 Å². The van der Waals surface area contributed by atoms with E-state index in [0.717, 1.165) is 16.8 Å². The lowest BCUT2D eigenvalue weighted by molar-refractivity contribution is 0.910. The number of nitrogens with two attached hydrogens (primary N) is 1. The molecule has 0 fully saturated rings. The first kappa shape index (κ1) is 9.03. The second kappa shape index (κ2) is 3.31. The molecule has 0 radical (unpaired) electrons. The third kappa shape index (κ3) is 1.24. The van der Waals surface area contributed by atoms with Crippen molar-refractivity contribution in [3.63, 3.8) is 0 Å². The van der Waals surface area contributed by atoms with Crippen molar-refractivity contribution in [2.75, 3.05) is 0 Å². The summed E-state index contributed by atoms with van der Waals surface area (Å²) in [6, 6.07) is 8.08. The van der Waals surface area contributed by atoms with Crippen molar-refractivity contribution in [1.29, 1.82) is 0 Å². The van der Waals surface area contributed by atoms with E-state index in [1.54, 1.807) is 6.08 Å². The van der Waals surface area contributed by atoms with E-state index in [9.17, 15) is 0 Å². The Balaban J connectivity index is 2.73. The zero-order valence-corrected chi connectivity index (χ0v) is 8.25. The number of aromatic nitrogens is 1. The molecule has 2 nitrogen and oxygen atoms in total. The summed E-state index contributed by atoms with van der Waals surface area (Å²) >= 11 is 0. The van der Waals surface area contributed by atoms with Crippen LogP contribution in [-0.4, -0.2) is 4.98 Å². The number of para-hydroxylation sites is 1. The SMILES string of the molecule is C=C[C@H](N)c1c(C)[nH]c2ccccc12. The van der Waals surface area contributed by atoms with Gasteiger partial charge in [-0.15, -0.1) is 6.58 Å². The first-order valence-electron chi connectivity index (χ1n) is 4.69. The molecule has 1 atom stereocenters. The molecule has 0 unspecified atom stereocenters. The van der Waals surface area contributed by atoms with E-state index >= 15 is 0 Å². The van der Waals surface area contributed by atoms with Crippen LogP contribution in [0.1, 0.15) is 17.3 Å². The molecule has 0 saturated carbocycles. The van der Waals surface area contributed by atoms with Crippen LogP contribution in [0.15, 0.2) is 36.9 Å². The molecular formula is C12H14N2. The highest BCUT2D eigenvalue weighted by molar-refractivity contribution is 5.85. The summed E-state index contributed by atoms with van der Waals surface area (Å²) in [5.41, 5.74) is 9.38. The van der Waals surface area contributed by atoms with Crippen LogP contribution < -0.4 is 5.73 Å². The van der Waals surface area contributed by atoms with Crippen LogP contribution in [0.4, 0.5) is 0 Å². The summed E-state index contributed by atoms with van der Waals surface area (Å²) in [7, 11) is 0. The number of benzene rings is 1. The van der Waals surface area contributed by atoms with Gasteiger partial charge in [0.15, 0.2) is 0 Å². The molecule has 72 valence electrons. The van der Waals surface area contributed by atoms with Crippen molar-refractivity contribution in [1.82, 2.24) is 4.98 Å². The minimum Gasteiger partial charge on any atom is -0.358 e. The van der Waals surface area contributed by atoms with Gasteiger partial charge in [-0.1, -0.05) is 24.3 Å². The fraction of sp³-hybridized carbons (Fsp3) is 0.167.